The van der Waals surface area contributed by atoms with Gasteiger partial charge in [-0.05, 0) is 36.7 Å². The third kappa shape index (κ3) is 5.70. The summed E-state index contributed by atoms with van der Waals surface area (Å²) in [6.45, 7) is -1.28. The number of alkyl halides is 3. The molecule has 1 rings (SSSR count). The summed E-state index contributed by atoms with van der Waals surface area (Å²) in [5.74, 6) is 0.448. The summed E-state index contributed by atoms with van der Waals surface area (Å²) in [4.78, 5) is 0. The molecule has 0 bridgehead atoms. The average Bonchev–Trinajstić information content (AvgIpc) is 2.28. The number of nitrogens with two attached hydrogens (primary N) is 1. The topological polar surface area (TPSA) is 44.5 Å². The van der Waals surface area contributed by atoms with E-state index in [4.69, 9.17) is 10.5 Å². The lowest BCUT2D eigenvalue weighted by molar-refractivity contribution is -0.186. The molecule has 102 valence electrons. The summed E-state index contributed by atoms with van der Waals surface area (Å²) in [6.07, 6.45) is -3.69. The summed E-state index contributed by atoms with van der Waals surface area (Å²) in [5.41, 5.74) is 6.37. The number of hydrogen-bond donors (Lipinski definition) is 1. The molecule has 0 spiro atoms. The molecule has 2 N–H and O–H groups in total. The predicted octanol–water partition coefficient (Wildman–Crippen LogP) is 2.87. The first-order valence-corrected chi connectivity index (χ1v) is 5.97. The van der Waals surface area contributed by atoms with Gasteiger partial charge in [0, 0.05) is 4.47 Å². The Kier molecular flexibility index (Phi) is 5.90. The van der Waals surface area contributed by atoms with Crippen LogP contribution in [0, 0.1) is 0 Å². The van der Waals surface area contributed by atoms with Crippen molar-refractivity contribution in [1.29, 1.82) is 0 Å². The Morgan fingerprint density at radius 2 is 2.00 bits per heavy atom. The molecule has 0 unspecified atom stereocenters. The maximum absolute atomic E-state index is 11.8. The molecule has 1 aromatic rings. The summed E-state index contributed by atoms with van der Waals surface area (Å²) in [7, 11) is 0. The minimum atomic E-state index is -4.34. The van der Waals surface area contributed by atoms with Crippen LogP contribution in [0.1, 0.15) is 5.56 Å². The number of rotatable bonds is 6. The lowest BCUT2D eigenvalue weighted by atomic mass is 10.1. The van der Waals surface area contributed by atoms with Gasteiger partial charge in [-0.25, -0.2) is 0 Å². The van der Waals surface area contributed by atoms with Crippen LogP contribution in [-0.4, -0.2) is 26.1 Å². The van der Waals surface area contributed by atoms with Crippen LogP contribution in [0.4, 0.5) is 13.2 Å². The SMILES string of the molecule is NCCc1cc(OCOCC(F)(F)F)ccc1Br. The van der Waals surface area contributed by atoms with Crippen LogP contribution in [0.15, 0.2) is 22.7 Å². The summed E-state index contributed by atoms with van der Waals surface area (Å²) < 4.78 is 45.7. The van der Waals surface area contributed by atoms with Crippen LogP contribution >= 0.6 is 15.9 Å². The minimum absolute atomic E-state index is 0.441. The van der Waals surface area contributed by atoms with E-state index in [2.05, 4.69) is 20.7 Å². The molecule has 0 fully saturated rings. The van der Waals surface area contributed by atoms with Crippen LogP contribution in [0.25, 0.3) is 0 Å². The molecule has 0 heterocycles. The molecule has 0 amide bonds. The number of hydrogen-bond acceptors (Lipinski definition) is 3. The molecule has 7 heteroatoms. The first-order valence-electron chi connectivity index (χ1n) is 5.18. The van der Waals surface area contributed by atoms with E-state index in [1.807, 2.05) is 0 Å². The molecule has 3 nitrogen and oxygen atoms in total. The lowest BCUT2D eigenvalue weighted by Crippen LogP contribution is -2.19. The standard InChI is InChI=1S/C11H13BrF3NO2/c12-10-2-1-9(5-8(10)3-4-16)18-7-17-6-11(13,14)15/h1-2,5H,3-4,6-7,16H2. The monoisotopic (exact) mass is 327 g/mol. The number of ether oxygens (including phenoxy) is 2. The Balaban J connectivity index is 2.45. The van der Waals surface area contributed by atoms with Crippen LogP contribution in [0.2, 0.25) is 0 Å². The number of benzene rings is 1. The molecule has 0 aliphatic carbocycles. The van der Waals surface area contributed by atoms with Gasteiger partial charge in [-0.1, -0.05) is 15.9 Å². The van der Waals surface area contributed by atoms with Gasteiger partial charge >= 0.3 is 6.18 Å². The van der Waals surface area contributed by atoms with E-state index in [0.717, 1.165) is 10.0 Å². The van der Waals surface area contributed by atoms with E-state index in [1.54, 1.807) is 18.2 Å². The van der Waals surface area contributed by atoms with Crippen LogP contribution in [-0.2, 0) is 11.2 Å². The molecular formula is C11H13BrF3NO2. The first-order chi connectivity index (χ1) is 8.42. The smallest absolute Gasteiger partial charge is 0.411 e. The highest BCUT2D eigenvalue weighted by Gasteiger charge is 2.27. The molecule has 0 saturated carbocycles. The minimum Gasteiger partial charge on any atom is -0.468 e. The molecule has 0 saturated heterocycles. The zero-order valence-corrected chi connectivity index (χ0v) is 11.1. The van der Waals surface area contributed by atoms with Gasteiger partial charge in [0.1, 0.15) is 12.4 Å². The van der Waals surface area contributed by atoms with Crippen LogP contribution in [0.3, 0.4) is 0 Å². The molecule has 0 atom stereocenters. The second kappa shape index (κ2) is 6.96. The van der Waals surface area contributed by atoms with E-state index in [1.165, 1.54) is 0 Å². The van der Waals surface area contributed by atoms with Crippen molar-refractivity contribution in [2.24, 2.45) is 5.73 Å². The van der Waals surface area contributed by atoms with Crippen molar-refractivity contribution in [3.8, 4) is 5.75 Å². The second-order valence-electron chi connectivity index (χ2n) is 3.52. The predicted molar refractivity (Wildman–Crippen MR) is 64.4 cm³/mol. The van der Waals surface area contributed by atoms with Gasteiger partial charge in [-0.2, -0.15) is 13.2 Å². The molecular weight excluding hydrogens is 315 g/mol. The Morgan fingerprint density at radius 3 is 2.61 bits per heavy atom. The van der Waals surface area contributed by atoms with Crippen molar-refractivity contribution in [3.05, 3.63) is 28.2 Å². The van der Waals surface area contributed by atoms with Gasteiger partial charge in [0.25, 0.3) is 0 Å². The number of halogens is 4. The largest absolute Gasteiger partial charge is 0.468 e. The molecule has 0 aliphatic rings. The maximum atomic E-state index is 11.8. The fourth-order valence-electron chi connectivity index (χ4n) is 1.26. The third-order valence-corrected chi connectivity index (χ3v) is 2.78. The fraction of sp³-hybridized carbons (Fsp3) is 0.455. The van der Waals surface area contributed by atoms with Crippen LogP contribution < -0.4 is 10.5 Å². The molecule has 0 aliphatic heterocycles. The highest BCUT2D eigenvalue weighted by atomic mass is 79.9. The molecule has 18 heavy (non-hydrogen) atoms. The van der Waals surface area contributed by atoms with E-state index in [-0.39, 0.29) is 0 Å². The zero-order valence-electron chi connectivity index (χ0n) is 9.47. The van der Waals surface area contributed by atoms with Gasteiger partial charge in [-0.3, -0.25) is 0 Å². The van der Waals surface area contributed by atoms with Crippen molar-refractivity contribution in [2.45, 2.75) is 12.6 Å². The van der Waals surface area contributed by atoms with E-state index in [9.17, 15) is 13.2 Å². The quantitative estimate of drug-likeness (QED) is 0.645. The normalized spacial score (nSPS) is 11.6. The van der Waals surface area contributed by atoms with Crippen LogP contribution in [0.5, 0.6) is 5.75 Å². The Labute approximate surface area is 111 Å². The Morgan fingerprint density at radius 1 is 1.28 bits per heavy atom. The van der Waals surface area contributed by atoms with Crippen molar-refractivity contribution in [3.63, 3.8) is 0 Å². The molecule has 0 radical (unpaired) electrons. The van der Waals surface area contributed by atoms with E-state index < -0.39 is 19.6 Å². The van der Waals surface area contributed by atoms with Crippen molar-refractivity contribution in [2.75, 3.05) is 19.9 Å². The highest BCUT2D eigenvalue weighted by molar-refractivity contribution is 9.10. The van der Waals surface area contributed by atoms with Crippen molar-refractivity contribution >= 4 is 15.9 Å². The maximum Gasteiger partial charge on any atom is 0.411 e. The molecule has 0 aromatic heterocycles. The summed E-state index contributed by atoms with van der Waals surface area (Å²) >= 11 is 3.35. The van der Waals surface area contributed by atoms with E-state index in [0.29, 0.717) is 18.7 Å². The van der Waals surface area contributed by atoms with Gasteiger partial charge in [0.2, 0.25) is 0 Å². The van der Waals surface area contributed by atoms with Gasteiger partial charge < -0.3 is 15.2 Å². The van der Waals surface area contributed by atoms with Gasteiger partial charge in [0.15, 0.2) is 6.79 Å². The fourth-order valence-corrected chi connectivity index (χ4v) is 1.70. The van der Waals surface area contributed by atoms with Crippen molar-refractivity contribution < 1.29 is 22.6 Å². The first kappa shape index (κ1) is 15.3. The summed E-state index contributed by atoms with van der Waals surface area (Å²) in [5, 5.41) is 0. The van der Waals surface area contributed by atoms with E-state index >= 15 is 0 Å². The van der Waals surface area contributed by atoms with Gasteiger partial charge in [-0.15, -0.1) is 0 Å². The Hall–Kier alpha value is -0.790. The second-order valence-corrected chi connectivity index (χ2v) is 4.37. The third-order valence-electron chi connectivity index (χ3n) is 2.01. The van der Waals surface area contributed by atoms with Crippen molar-refractivity contribution in [1.82, 2.24) is 0 Å². The average molecular weight is 328 g/mol. The lowest BCUT2D eigenvalue weighted by Gasteiger charge is -2.11. The highest BCUT2D eigenvalue weighted by Crippen LogP contribution is 2.23. The van der Waals surface area contributed by atoms with Gasteiger partial charge in [0.05, 0.1) is 0 Å². The summed E-state index contributed by atoms with van der Waals surface area (Å²) in [6, 6.07) is 5.11. The Bertz CT molecular complexity index is 385. The zero-order chi connectivity index (χ0) is 13.6. The molecule has 1 aromatic carbocycles.